The monoisotopic (exact) mass is 728 g/mol. The Labute approximate surface area is 306 Å². The summed E-state index contributed by atoms with van der Waals surface area (Å²) in [4.78, 5) is 74.2. The number of carbonyl (C=O) groups excluding carboxylic acids is 6. The van der Waals surface area contributed by atoms with Gasteiger partial charge in [-0.25, -0.2) is 0 Å². The molecule has 0 radical (unpaired) electrons. The maximum absolute atomic E-state index is 12.7. The highest BCUT2D eigenvalue weighted by Crippen LogP contribution is 2.11. The van der Waals surface area contributed by atoms with Crippen molar-refractivity contribution in [3.63, 3.8) is 0 Å². The molecule has 0 bridgehead atoms. The quantitative estimate of drug-likeness (QED) is 0.0357. The van der Waals surface area contributed by atoms with Crippen LogP contribution in [-0.4, -0.2) is 74.5 Å². The molecular formula is C39H68O12. The predicted octanol–water partition coefficient (Wildman–Crippen LogP) is 8.03. The largest absolute Gasteiger partial charge is 0.462 e. The molecule has 12 heteroatoms. The number of hydrogen-bond donors (Lipinski definition) is 0. The molecule has 0 aromatic heterocycles. The summed E-state index contributed by atoms with van der Waals surface area (Å²) >= 11 is 0. The second-order valence-electron chi connectivity index (χ2n) is 13.1. The summed E-state index contributed by atoms with van der Waals surface area (Å²) in [6.07, 6.45) is 13.5. The molecule has 0 N–H and O–H groups in total. The topological polar surface area (TPSA) is 158 Å². The van der Waals surface area contributed by atoms with Crippen LogP contribution in [0.3, 0.4) is 0 Å². The van der Waals surface area contributed by atoms with Crippen molar-refractivity contribution in [2.45, 2.75) is 188 Å². The van der Waals surface area contributed by atoms with E-state index in [1.807, 2.05) is 0 Å². The summed E-state index contributed by atoms with van der Waals surface area (Å²) in [5.74, 6) is -2.98. The molecule has 0 amide bonds. The first-order valence-electron chi connectivity index (χ1n) is 19.7. The van der Waals surface area contributed by atoms with Gasteiger partial charge in [-0.15, -0.1) is 0 Å². The minimum absolute atomic E-state index is 0.0833. The van der Waals surface area contributed by atoms with Gasteiger partial charge in [0.25, 0.3) is 0 Å². The van der Waals surface area contributed by atoms with Crippen molar-refractivity contribution in [2.75, 3.05) is 26.4 Å². The Balaban J connectivity index is 4.98. The number of esters is 6. The molecule has 0 unspecified atom stereocenters. The number of ether oxygens (including phenoxy) is 6. The van der Waals surface area contributed by atoms with Crippen LogP contribution in [0.15, 0.2) is 0 Å². The van der Waals surface area contributed by atoms with Gasteiger partial charge in [0, 0.05) is 38.5 Å². The van der Waals surface area contributed by atoms with E-state index in [-0.39, 0.29) is 71.4 Å². The summed E-state index contributed by atoms with van der Waals surface area (Å²) in [6.45, 7) is 7.31. The average molecular weight is 729 g/mol. The maximum Gasteiger partial charge on any atom is 0.306 e. The van der Waals surface area contributed by atoms with E-state index in [0.717, 1.165) is 77.0 Å². The molecule has 0 saturated heterocycles. The van der Waals surface area contributed by atoms with Crippen LogP contribution < -0.4 is 0 Å². The summed E-state index contributed by atoms with van der Waals surface area (Å²) in [6, 6.07) is 0. The van der Waals surface area contributed by atoms with Gasteiger partial charge in [0.05, 0.1) is 0 Å². The third kappa shape index (κ3) is 31.3. The average Bonchev–Trinajstić information content (AvgIpc) is 3.11. The zero-order valence-corrected chi connectivity index (χ0v) is 32.1. The van der Waals surface area contributed by atoms with Crippen molar-refractivity contribution in [2.24, 2.45) is 0 Å². The van der Waals surface area contributed by atoms with E-state index in [2.05, 4.69) is 27.7 Å². The second-order valence-corrected chi connectivity index (χ2v) is 13.1. The Hall–Kier alpha value is -3.18. The minimum Gasteiger partial charge on any atom is -0.462 e. The molecule has 0 heterocycles. The zero-order valence-electron chi connectivity index (χ0n) is 32.1. The van der Waals surface area contributed by atoms with E-state index in [1.165, 1.54) is 0 Å². The highest BCUT2D eigenvalue weighted by atomic mass is 16.6. The van der Waals surface area contributed by atoms with Crippen LogP contribution in [0, 0.1) is 0 Å². The van der Waals surface area contributed by atoms with Crippen molar-refractivity contribution in [3.8, 4) is 0 Å². The zero-order chi connectivity index (χ0) is 38.0. The molecule has 0 saturated carbocycles. The molecule has 0 aromatic carbocycles. The third-order valence-corrected chi connectivity index (χ3v) is 8.02. The Kier molecular flexibility index (Phi) is 31.8. The number of rotatable bonds is 34. The molecule has 0 fully saturated rings. The molecule has 51 heavy (non-hydrogen) atoms. The van der Waals surface area contributed by atoms with Crippen LogP contribution >= 0.6 is 0 Å². The molecule has 0 aliphatic heterocycles. The molecule has 0 aliphatic rings. The molecule has 0 spiro atoms. The van der Waals surface area contributed by atoms with Gasteiger partial charge in [0.2, 0.25) is 0 Å². The normalized spacial score (nSPS) is 10.9. The van der Waals surface area contributed by atoms with Crippen LogP contribution in [0.4, 0.5) is 0 Å². The van der Waals surface area contributed by atoms with Gasteiger partial charge in [-0.2, -0.15) is 0 Å². The molecule has 0 aromatic rings. The van der Waals surface area contributed by atoms with E-state index < -0.39 is 48.0 Å². The van der Waals surface area contributed by atoms with Crippen LogP contribution in [0.5, 0.6) is 0 Å². The van der Waals surface area contributed by atoms with Crippen molar-refractivity contribution in [1.82, 2.24) is 0 Å². The summed E-state index contributed by atoms with van der Waals surface area (Å²) in [5.41, 5.74) is 0. The van der Waals surface area contributed by atoms with Crippen LogP contribution in [0.2, 0.25) is 0 Å². The van der Waals surface area contributed by atoms with Crippen molar-refractivity contribution >= 4 is 35.8 Å². The third-order valence-electron chi connectivity index (χ3n) is 8.02. The van der Waals surface area contributed by atoms with Crippen molar-refractivity contribution < 1.29 is 57.2 Å². The lowest BCUT2D eigenvalue weighted by Gasteiger charge is -2.19. The van der Waals surface area contributed by atoms with Crippen molar-refractivity contribution in [3.05, 3.63) is 0 Å². The van der Waals surface area contributed by atoms with Crippen LogP contribution in [0.25, 0.3) is 0 Å². The van der Waals surface area contributed by atoms with Gasteiger partial charge in [0.15, 0.2) is 12.2 Å². The number of hydrogen-bond acceptors (Lipinski definition) is 12. The predicted molar refractivity (Wildman–Crippen MR) is 192 cm³/mol. The molecule has 12 nitrogen and oxygen atoms in total. The van der Waals surface area contributed by atoms with E-state index in [4.69, 9.17) is 28.4 Å². The van der Waals surface area contributed by atoms with Gasteiger partial charge >= 0.3 is 35.8 Å². The van der Waals surface area contributed by atoms with Gasteiger partial charge in [-0.05, 0) is 32.1 Å². The molecule has 0 atom stereocenters. The molecule has 0 aliphatic carbocycles. The molecule has 0 rings (SSSR count). The Morgan fingerprint density at radius 1 is 0.314 bits per heavy atom. The lowest BCUT2D eigenvalue weighted by Crippen LogP contribution is -2.31. The van der Waals surface area contributed by atoms with E-state index in [9.17, 15) is 28.8 Å². The Bertz CT molecular complexity index is 820. The fourth-order valence-corrected chi connectivity index (χ4v) is 4.92. The summed E-state index contributed by atoms with van der Waals surface area (Å²) in [5, 5.41) is 0. The van der Waals surface area contributed by atoms with Gasteiger partial charge in [-0.3, -0.25) is 28.8 Å². The maximum atomic E-state index is 12.7. The van der Waals surface area contributed by atoms with Crippen LogP contribution in [0.1, 0.15) is 175 Å². The van der Waals surface area contributed by atoms with Gasteiger partial charge in [-0.1, -0.05) is 105 Å². The standard InChI is InChI=1S/C39H68O12/c1-5-9-13-17-22-34(40)46-28-32(29-47-35(41)23-18-14-10-6-2)50-38(44)26-21-27-39(45)51-33(30-48-36(42)24-19-15-11-7-3)31-49-37(43)25-20-16-12-8-4/h32-33H,5-31H2,1-4H3. The highest BCUT2D eigenvalue weighted by molar-refractivity contribution is 5.73. The Morgan fingerprint density at radius 3 is 0.784 bits per heavy atom. The lowest BCUT2D eigenvalue weighted by molar-refractivity contribution is -0.168. The van der Waals surface area contributed by atoms with Crippen molar-refractivity contribution in [1.29, 1.82) is 0 Å². The first kappa shape index (κ1) is 47.8. The smallest absolute Gasteiger partial charge is 0.306 e. The van der Waals surface area contributed by atoms with E-state index >= 15 is 0 Å². The number of unbranched alkanes of at least 4 members (excludes halogenated alkanes) is 12. The Morgan fingerprint density at radius 2 is 0.549 bits per heavy atom. The van der Waals surface area contributed by atoms with Crippen LogP contribution in [-0.2, 0) is 57.2 Å². The summed E-state index contributed by atoms with van der Waals surface area (Å²) in [7, 11) is 0. The van der Waals surface area contributed by atoms with Gasteiger partial charge in [0.1, 0.15) is 26.4 Å². The highest BCUT2D eigenvalue weighted by Gasteiger charge is 2.22. The second kappa shape index (κ2) is 33.9. The minimum atomic E-state index is -0.985. The summed E-state index contributed by atoms with van der Waals surface area (Å²) < 4.78 is 32.2. The van der Waals surface area contributed by atoms with E-state index in [1.54, 1.807) is 0 Å². The van der Waals surface area contributed by atoms with Gasteiger partial charge < -0.3 is 28.4 Å². The lowest BCUT2D eigenvalue weighted by atomic mass is 10.1. The SMILES string of the molecule is CCCCCCC(=O)OCC(COC(=O)CCCCCC)OC(=O)CCCC(=O)OC(COC(=O)CCCCCC)COC(=O)CCCCCC. The fraction of sp³-hybridized carbons (Fsp3) is 0.846. The molecular weight excluding hydrogens is 660 g/mol. The number of carbonyl (C=O) groups is 6. The first-order chi connectivity index (χ1) is 24.6. The first-order valence-corrected chi connectivity index (χ1v) is 19.7. The molecule has 296 valence electrons. The van der Waals surface area contributed by atoms with E-state index in [0.29, 0.717) is 25.7 Å². The fourth-order valence-electron chi connectivity index (χ4n) is 4.92.